The van der Waals surface area contributed by atoms with Crippen LogP contribution in [0.25, 0.3) is 0 Å². The molecule has 0 saturated heterocycles. The van der Waals surface area contributed by atoms with E-state index in [-0.39, 0.29) is 5.91 Å². The Labute approximate surface area is 125 Å². The van der Waals surface area contributed by atoms with Crippen molar-refractivity contribution in [1.82, 2.24) is 0 Å². The second-order valence-corrected chi connectivity index (χ2v) is 5.01. The summed E-state index contributed by atoms with van der Waals surface area (Å²) in [5.74, 6) is -0.367. The summed E-state index contributed by atoms with van der Waals surface area (Å²) in [5, 5.41) is 3.63. The number of anilines is 2. The van der Waals surface area contributed by atoms with Gasteiger partial charge >= 0.3 is 0 Å². The van der Waals surface area contributed by atoms with E-state index in [0.29, 0.717) is 32.0 Å². The lowest BCUT2D eigenvalue weighted by Crippen LogP contribution is -2.12. The van der Waals surface area contributed by atoms with Gasteiger partial charge in [0.15, 0.2) is 0 Å². The molecule has 6 heteroatoms. The summed E-state index contributed by atoms with van der Waals surface area (Å²) >= 11 is 17.8. The second-order valence-electron chi connectivity index (χ2n) is 3.79. The Hall–Kier alpha value is -1.42. The third-order valence-electron chi connectivity index (χ3n) is 2.45. The number of nitrogens with one attached hydrogen (secondary N) is 1. The van der Waals surface area contributed by atoms with Crippen molar-refractivity contribution in [3.63, 3.8) is 0 Å². The molecular weight excluding hydrogens is 307 g/mol. The summed E-state index contributed by atoms with van der Waals surface area (Å²) in [7, 11) is 0. The van der Waals surface area contributed by atoms with Crippen LogP contribution in [0.3, 0.4) is 0 Å². The number of carbonyl (C=O) groups is 1. The highest BCUT2D eigenvalue weighted by Crippen LogP contribution is 2.31. The zero-order valence-electron chi connectivity index (χ0n) is 9.58. The highest BCUT2D eigenvalue weighted by Gasteiger charge is 2.12. The standard InChI is InChI=1S/C13H9Cl3N2O/c14-8-4-2-1-3-7(8)13(19)18-12-6-9(15)11(17)5-10(12)16/h1-6H,17H2,(H,18,19). The predicted octanol–water partition coefficient (Wildman–Crippen LogP) is 4.48. The van der Waals surface area contributed by atoms with Crippen LogP contribution in [-0.2, 0) is 0 Å². The van der Waals surface area contributed by atoms with E-state index < -0.39 is 0 Å². The molecule has 0 radical (unpaired) electrons. The Balaban J connectivity index is 2.30. The maximum atomic E-state index is 12.1. The molecular formula is C13H9Cl3N2O. The lowest BCUT2D eigenvalue weighted by Gasteiger charge is -2.10. The Morgan fingerprint density at radius 3 is 2.37 bits per heavy atom. The van der Waals surface area contributed by atoms with Gasteiger partial charge in [-0.25, -0.2) is 0 Å². The molecule has 2 rings (SSSR count). The first-order valence-corrected chi connectivity index (χ1v) is 6.43. The molecule has 0 aliphatic carbocycles. The number of benzene rings is 2. The van der Waals surface area contributed by atoms with Crippen LogP contribution in [0.4, 0.5) is 11.4 Å². The minimum atomic E-state index is -0.367. The summed E-state index contributed by atoms with van der Waals surface area (Å²) in [4.78, 5) is 12.1. The van der Waals surface area contributed by atoms with Crippen molar-refractivity contribution in [2.75, 3.05) is 11.1 Å². The molecule has 0 atom stereocenters. The highest BCUT2D eigenvalue weighted by atomic mass is 35.5. The summed E-state index contributed by atoms with van der Waals surface area (Å²) in [6.45, 7) is 0. The summed E-state index contributed by atoms with van der Waals surface area (Å²) in [6.07, 6.45) is 0. The van der Waals surface area contributed by atoms with Gasteiger partial charge in [0.2, 0.25) is 0 Å². The minimum Gasteiger partial charge on any atom is -0.397 e. The fraction of sp³-hybridized carbons (Fsp3) is 0. The molecule has 0 saturated carbocycles. The first kappa shape index (κ1) is 14.0. The van der Waals surface area contributed by atoms with Gasteiger partial charge in [-0.15, -0.1) is 0 Å². The monoisotopic (exact) mass is 314 g/mol. The number of nitrogen functional groups attached to an aromatic ring is 1. The SMILES string of the molecule is Nc1cc(Cl)c(NC(=O)c2ccccc2Cl)cc1Cl. The first-order chi connectivity index (χ1) is 8.99. The first-order valence-electron chi connectivity index (χ1n) is 5.29. The summed E-state index contributed by atoms with van der Waals surface area (Å²) in [5.41, 5.74) is 6.69. The predicted molar refractivity (Wildman–Crippen MR) is 80.3 cm³/mol. The molecule has 3 N–H and O–H groups in total. The van der Waals surface area contributed by atoms with Crippen LogP contribution in [0, 0.1) is 0 Å². The number of nitrogens with two attached hydrogens (primary N) is 1. The average molecular weight is 316 g/mol. The maximum Gasteiger partial charge on any atom is 0.257 e. The van der Waals surface area contributed by atoms with Crippen molar-refractivity contribution in [1.29, 1.82) is 0 Å². The van der Waals surface area contributed by atoms with Gasteiger partial charge < -0.3 is 11.1 Å². The lowest BCUT2D eigenvalue weighted by atomic mass is 10.2. The van der Waals surface area contributed by atoms with E-state index in [1.807, 2.05) is 0 Å². The number of hydrogen-bond acceptors (Lipinski definition) is 2. The van der Waals surface area contributed by atoms with E-state index in [9.17, 15) is 4.79 Å². The van der Waals surface area contributed by atoms with E-state index >= 15 is 0 Å². The quantitative estimate of drug-likeness (QED) is 0.803. The molecule has 0 aliphatic rings. The summed E-state index contributed by atoms with van der Waals surface area (Å²) in [6, 6.07) is 9.68. The van der Waals surface area contributed by atoms with E-state index in [1.54, 1.807) is 24.3 Å². The van der Waals surface area contributed by atoms with Gasteiger partial charge in [-0.1, -0.05) is 46.9 Å². The molecule has 0 spiro atoms. The van der Waals surface area contributed by atoms with Gasteiger partial charge in [0, 0.05) is 0 Å². The second kappa shape index (κ2) is 5.70. The van der Waals surface area contributed by atoms with Gasteiger partial charge in [-0.3, -0.25) is 4.79 Å². The molecule has 0 aliphatic heterocycles. The zero-order chi connectivity index (χ0) is 14.0. The number of carbonyl (C=O) groups excluding carboxylic acids is 1. The van der Waals surface area contributed by atoms with E-state index in [4.69, 9.17) is 40.5 Å². The maximum absolute atomic E-state index is 12.1. The normalized spacial score (nSPS) is 10.3. The fourth-order valence-electron chi connectivity index (χ4n) is 1.49. The Kier molecular flexibility index (Phi) is 4.20. The third-order valence-corrected chi connectivity index (χ3v) is 3.42. The van der Waals surface area contributed by atoms with Gasteiger partial charge in [0.1, 0.15) is 0 Å². The third kappa shape index (κ3) is 3.13. The molecule has 98 valence electrons. The van der Waals surface area contributed by atoms with Crippen molar-refractivity contribution in [2.24, 2.45) is 0 Å². The lowest BCUT2D eigenvalue weighted by molar-refractivity contribution is 0.102. The van der Waals surface area contributed by atoms with Gasteiger partial charge in [-0.05, 0) is 24.3 Å². The van der Waals surface area contributed by atoms with Crippen LogP contribution in [0.5, 0.6) is 0 Å². The number of hydrogen-bond donors (Lipinski definition) is 2. The van der Waals surface area contributed by atoms with E-state index in [0.717, 1.165) is 0 Å². The van der Waals surface area contributed by atoms with Gasteiger partial charge in [0.25, 0.3) is 5.91 Å². The Morgan fingerprint density at radius 1 is 1.00 bits per heavy atom. The van der Waals surface area contributed by atoms with Crippen LogP contribution >= 0.6 is 34.8 Å². The molecule has 0 unspecified atom stereocenters. The molecule has 0 aromatic heterocycles. The molecule has 3 nitrogen and oxygen atoms in total. The molecule has 19 heavy (non-hydrogen) atoms. The molecule has 0 heterocycles. The summed E-state index contributed by atoms with van der Waals surface area (Å²) < 4.78 is 0. The number of amides is 1. The van der Waals surface area contributed by atoms with Crippen LogP contribution in [0.1, 0.15) is 10.4 Å². The van der Waals surface area contributed by atoms with Crippen molar-refractivity contribution in [2.45, 2.75) is 0 Å². The average Bonchev–Trinajstić information content (AvgIpc) is 2.36. The van der Waals surface area contributed by atoms with Crippen molar-refractivity contribution in [3.8, 4) is 0 Å². The topological polar surface area (TPSA) is 55.1 Å². The van der Waals surface area contributed by atoms with Crippen molar-refractivity contribution < 1.29 is 4.79 Å². The molecule has 1 amide bonds. The van der Waals surface area contributed by atoms with E-state index in [1.165, 1.54) is 12.1 Å². The Bertz CT molecular complexity index is 644. The largest absolute Gasteiger partial charge is 0.397 e. The number of rotatable bonds is 2. The minimum absolute atomic E-state index is 0.308. The molecule has 2 aromatic rings. The van der Waals surface area contributed by atoms with Gasteiger partial charge in [-0.2, -0.15) is 0 Å². The van der Waals surface area contributed by atoms with Crippen molar-refractivity contribution in [3.05, 3.63) is 57.0 Å². The Morgan fingerprint density at radius 2 is 1.68 bits per heavy atom. The molecule has 0 bridgehead atoms. The smallest absolute Gasteiger partial charge is 0.257 e. The van der Waals surface area contributed by atoms with E-state index in [2.05, 4.69) is 5.32 Å². The number of halogens is 3. The van der Waals surface area contributed by atoms with Crippen LogP contribution in [0.15, 0.2) is 36.4 Å². The van der Waals surface area contributed by atoms with Crippen LogP contribution in [-0.4, -0.2) is 5.91 Å². The van der Waals surface area contributed by atoms with Crippen LogP contribution < -0.4 is 11.1 Å². The van der Waals surface area contributed by atoms with Crippen molar-refractivity contribution >= 4 is 52.1 Å². The zero-order valence-corrected chi connectivity index (χ0v) is 11.9. The van der Waals surface area contributed by atoms with Gasteiger partial charge in [0.05, 0.1) is 32.0 Å². The fourth-order valence-corrected chi connectivity index (χ4v) is 2.10. The molecule has 0 fully saturated rings. The highest BCUT2D eigenvalue weighted by molar-refractivity contribution is 6.38. The van der Waals surface area contributed by atoms with Crippen LogP contribution in [0.2, 0.25) is 15.1 Å². The molecule has 2 aromatic carbocycles.